The van der Waals surface area contributed by atoms with Crippen molar-refractivity contribution in [3.8, 4) is 5.97 Å². The van der Waals surface area contributed by atoms with Gasteiger partial charge in [0.1, 0.15) is 5.71 Å². The molecule has 2 aromatic rings. The van der Waals surface area contributed by atoms with Crippen molar-refractivity contribution >= 4 is 52.0 Å². The summed E-state index contributed by atoms with van der Waals surface area (Å²) < 4.78 is 27.9. The van der Waals surface area contributed by atoms with Crippen molar-refractivity contribution in [1.82, 2.24) is 4.98 Å². The maximum Gasteiger partial charge on any atom is 0.278 e. The number of alkyl halides is 2. The number of halogens is 3. The summed E-state index contributed by atoms with van der Waals surface area (Å²) in [5, 5.41) is 17.7. The number of benzene rings is 1. The van der Waals surface area contributed by atoms with Gasteiger partial charge in [0, 0.05) is 40.1 Å². The summed E-state index contributed by atoms with van der Waals surface area (Å²) in [5.41, 5.74) is 2.79. The Morgan fingerprint density at radius 1 is 1.24 bits per heavy atom. The van der Waals surface area contributed by atoms with Crippen molar-refractivity contribution < 1.29 is 8.78 Å². The second kappa shape index (κ2) is 10.6. The Hall–Kier alpha value is -2.57. The Bertz CT molecular complexity index is 1120. The first kappa shape index (κ1) is 23.6. The molecule has 0 saturated carbocycles. The van der Waals surface area contributed by atoms with Gasteiger partial charge in [-0.05, 0) is 43.2 Å². The monoisotopic (exact) mass is 485 g/mol. The highest BCUT2D eigenvalue weighted by molar-refractivity contribution is 8.15. The normalized spacial score (nSPS) is 17.5. The summed E-state index contributed by atoms with van der Waals surface area (Å²) in [4.78, 5) is 4.57. The lowest BCUT2D eigenvalue weighted by Gasteiger charge is -2.35. The van der Waals surface area contributed by atoms with Crippen LogP contribution in [0.15, 0.2) is 52.8 Å². The van der Waals surface area contributed by atoms with E-state index in [0.29, 0.717) is 28.1 Å². The summed E-state index contributed by atoms with van der Waals surface area (Å²) in [7, 11) is -0.338. The molecule has 0 N–H and O–H groups in total. The summed E-state index contributed by atoms with van der Waals surface area (Å²) in [6.45, 7) is 0.677. The van der Waals surface area contributed by atoms with E-state index in [2.05, 4.69) is 31.3 Å². The van der Waals surface area contributed by atoms with Crippen molar-refractivity contribution in [1.29, 1.82) is 5.26 Å². The Kier molecular flexibility index (Phi) is 7.56. The molecule has 1 saturated heterocycles. The molecule has 0 amide bonds. The lowest BCUT2D eigenvalue weighted by molar-refractivity contribution is 0.224. The van der Waals surface area contributed by atoms with E-state index in [1.807, 2.05) is 36.4 Å². The van der Waals surface area contributed by atoms with Crippen LogP contribution in [-0.4, -0.2) is 40.7 Å². The molecule has 10 heteroatoms. The largest absolute Gasteiger partial charge is 0.316 e. The van der Waals surface area contributed by atoms with Crippen molar-refractivity contribution in [3.63, 3.8) is 0 Å². The molecule has 5 nitrogen and oxygen atoms in total. The van der Waals surface area contributed by atoms with E-state index in [4.69, 9.17) is 11.6 Å². The molecule has 1 aromatic heterocycles. The van der Waals surface area contributed by atoms with Gasteiger partial charge in [-0.1, -0.05) is 46.8 Å². The lowest BCUT2D eigenvalue weighted by atomic mass is 9.43. The van der Waals surface area contributed by atoms with Crippen LogP contribution in [0.2, 0.25) is 17.7 Å². The number of aromatic nitrogens is 1. The van der Waals surface area contributed by atoms with Crippen molar-refractivity contribution in [2.24, 2.45) is 10.2 Å². The zero-order valence-electron chi connectivity index (χ0n) is 18.0. The summed E-state index contributed by atoms with van der Waals surface area (Å²) >= 11 is 6.27. The smallest absolute Gasteiger partial charge is 0.278 e. The highest BCUT2D eigenvalue weighted by Gasteiger charge is 2.28. The summed E-state index contributed by atoms with van der Waals surface area (Å²) in [6, 6.07) is 11.4. The number of nitriles is 1. The molecular weight excluding hydrogens is 463 g/mol. The summed E-state index contributed by atoms with van der Waals surface area (Å²) in [5.74, 6) is 6.91. The van der Waals surface area contributed by atoms with Crippen LogP contribution in [0.4, 0.5) is 14.5 Å². The number of rotatable bonds is 7. The first-order chi connectivity index (χ1) is 15.9. The van der Waals surface area contributed by atoms with Gasteiger partial charge in [-0.2, -0.15) is 10.2 Å². The molecule has 0 spiro atoms. The van der Waals surface area contributed by atoms with E-state index in [9.17, 15) is 14.0 Å². The van der Waals surface area contributed by atoms with Crippen LogP contribution >= 0.6 is 22.3 Å². The van der Waals surface area contributed by atoms with Crippen LogP contribution < -0.4 is 4.31 Å². The van der Waals surface area contributed by atoms with E-state index in [0.717, 1.165) is 36.9 Å². The minimum atomic E-state index is -2.59. The SMILES string of the molecule is C=S(C1CCB(C#N)CC1)N(Cc1ccc(C2=NN=C(C(F)F)C2)cn1)c1cccc(Cl)c1. The van der Waals surface area contributed by atoms with Crippen LogP contribution in [0.5, 0.6) is 0 Å². The van der Waals surface area contributed by atoms with Gasteiger partial charge in [0.2, 0.25) is 0 Å². The van der Waals surface area contributed by atoms with Gasteiger partial charge < -0.3 is 4.31 Å². The molecule has 1 unspecified atom stereocenters. The van der Waals surface area contributed by atoms with Crippen molar-refractivity contribution in [2.45, 2.75) is 50.1 Å². The zero-order chi connectivity index (χ0) is 23.4. The second-order valence-corrected chi connectivity index (χ2v) is 10.5. The topological polar surface area (TPSA) is 64.6 Å². The van der Waals surface area contributed by atoms with Gasteiger partial charge in [0.25, 0.3) is 13.1 Å². The molecular formula is C23H23BClF2N5S. The van der Waals surface area contributed by atoms with Crippen molar-refractivity contribution in [2.75, 3.05) is 4.31 Å². The fourth-order valence-electron chi connectivity index (χ4n) is 4.07. The molecule has 4 rings (SSSR count). The first-order valence-corrected chi connectivity index (χ1v) is 12.6. The van der Waals surface area contributed by atoms with Gasteiger partial charge >= 0.3 is 0 Å². The predicted octanol–water partition coefficient (Wildman–Crippen LogP) is 5.89. The Balaban J connectivity index is 1.51. The fourth-order valence-corrected chi connectivity index (χ4v) is 6.11. The third-order valence-electron chi connectivity index (χ3n) is 5.98. The average molecular weight is 486 g/mol. The number of pyridine rings is 1. The maximum absolute atomic E-state index is 12.8. The lowest BCUT2D eigenvalue weighted by Crippen LogP contribution is -2.28. The standard InChI is InChI=1S/C23H23BClF2N5S/c1-33(20-7-9-24(15-28)10-8-20)32(19-4-2-3-17(25)11-19)14-18-6-5-16(13-29-18)21-12-22(23(26)27)31-30-21/h2-6,11,13,20,23H,1,7-10,12,14H2. The predicted molar refractivity (Wildman–Crippen MR) is 135 cm³/mol. The average Bonchev–Trinajstić information content (AvgIpc) is 3.33. The molecule has 2 aliphatic heterocycles. The van der Waals surface area contributed by atoms with E-state index < -0.39 is 6.43 Å². The van der Waals surface area contributed by atoms with Crippen molar-refractivity contribution in [3.05, 3.63) is 58.9 Å². The number of hydrogen-bond acceptors (Lipinski definition) is 5. The molecule has 1 fully saturated rings. The van der Waals surface area contributed by atoms with Gasteiger partial charge in [0.15, 0.2) is 0 Å². The van der Waals surface area contributed by atoms with Gasteiger partial charge in [0.05, 0.1) is 18.0 Å². The van der Waals surface area contributed by atoms with E-state index in [-0.39, 0.29) is 29.5 Å². The first-order valence-electron chi connectivity index (χ1n) is 10.8. The van der Waals surface area contributed by atoms with Gasteiger partial charge in [-0.3, -0.25) is 4.98 Å². The zero-order valence-corrected chi connectivity index (χ0v) is 19.6. The number of anilines is 1. The molecule has 0 radical (unpaired) electrons. The Labute approximate surface area is 200 Å². The molecule has 0 bridgehead atoms. The Morgan fingerprint density at radius 3 is 2.64 bits per heavy atom. The van der Waals surface area contributed by atoms with E-state index >= 15 is 0 Å². The van der Waals surface area contributed by atoms with Crippen LogP contribution in [-0.2, 0) is 6.54 Å². The fraction of sp³-hybridized carbons (Fsp3) is 0.348. The minimum Gasteiger partial charge on any atom is -0.316 e. The molecule has 170 valence electrons. The van der Waals surface area contributed by atoms with E-state index in [1.165, 1.54) is 0 Å². The molecule has 3 heterocycles. The van der Waals surface area contributed by atoms with Crippen LogP contribution in [0, 0.1) is 11.2 Å². The van der Waals surface area contributed by atoms with Crippen LogP contribution in [0.1, 0.15) is 30.5 Å². The van der Waals surface area contributed by atoms with Gasteiger partial charge in [-0.15, -0.1) is 0 Å². The van der Waals surface area contributed by atoms with Crippen LogP contribution in [0.25, 0.3) is 0 Å². The minimum absolute atomic E-state index is 0.0427. The number of hydrogen-bond donors (Lipinski definition) is 0. The van der Waals surface area contributed by atoms with Crippen LogP contribution in [0.3, 0.4) is 0 Å². The Morgan fingerprint density at radius 2 is 2.03 bits per heavy atom. The third-order valence-corrected chi connectivity index (χ3v) is 8.37. The van der Waals surface area contributed by atoms with Gasteiger partial charge in [-0.25, -0.2) is 14.0 Å². The molecule has 2 aliphatic rings. The van der Waals surface area contributed by atoms with E-state index in [1.54, 1.807) is 6.20 Å². The number of nitrogens with zero attached hydrogens (tertiary/aromatic N) is 5. The third kappa shape index (κ3) is 5.68. The quantitative estimate of drug-likeness (QED) is 0.363. The highest BCUT2D eigenvalue weighted by Crippen LogP contribution is 2.39. The summed E-state index contributed by atoms with van der Waals surface area (Å²) in [6.07, 6.45) is 2.86. The maximum atomic E-state index is 12.8. The molecule has 0 aliphatic carbocycles. The molecule has 1 aromatic carbocycles. The highest BCUT2D eigenvalue weighted by atomic mass is 35.5. The second-order valence-electron chi connectivity index (χ2n) is 8.17. The molecule has 33 heavy (non-hydrogen) atoms. The molecule has 1 atom stereocenters.